The number of rotatable bonds is 7. The highest BCUT2D eigenvalue weighted by Gasteiger charge is 2.22. The molecule has 5 rings (SSSR count). The van der Waals surface area contributed by atoms with Crippen molar-refractivity contribution in [2.24, 2.45) is 0 Å². The molecule has 174 valence electrons. The zero-order valence-electron chi connectivity index (χ0n) is 19.1. The lowest BCUT2D eigenvalue weighted by atomic mass is 9.91. The van der Waals surface area contributed by atoms with Crippen molar-refractivity contribution in [3.63, 3.8) is 0 Å². The van der Waals surface area contributed by atoms with Crippen molar-refractivity contribution < 1.29 is 15.0 Å². The average Bonchev–Trinajstić information content (AvgIpc) is 3.43. The van der Waals surface area contributed by atoms with Crippen molar-refractivity contribution in [1.82, 2.24) is 25.6 Å². The molecule has 0 aliphatic rings. The van der Waals surface area contributed by atoms with Crippen LogP contribution in [0.4, 0.5) is 0 Å². The molecular formula is C27H23N5O3. The Balaban J connectivity index is 1.57. The molecule has 0 amide bonds. The molecule has 8 heteroatoms. The van der Waals surface area contributed by atoms with Crippen LogP contribution >= 0.6 is 0 Å². The first-order valence-corrected chi connectivity index (χ1v) is 11.3. The van der Waals surface area contributed by atoms with Crippen molar-refractivity contribution in [2.45, 2.75) is 26.4 Å². The van der Waals surface area contributed by atoms with Gasteiger partial charge in [0, 0.05) is 23.1 Å². The summed E-state index contributed by atoms with van der Waals surface area (Å²) in [4.78, 5) is 17.2. The van der Waals surface area contributed by atoms with E-state index in [0.717, 1.165) is 27.9 Å². The van der Waals surface area contributed by atoms with Crippen molar-refractivity contribution >= 4 is 16.9 Å². The van der Waals surface area contributed by atoms with Gasteiger partial charge in [0.15, 0.2) is 0 Å². The first-order chi connectivity index (χ1) is 17.1. The third-order valence-electron chi connectivity index (χ3n) is 6.16. The Kier molecular flexibility index (Phi) is 6.03. The number of pyridine rings is 1. The van der Waals surface area contributed by atoms with Crippen LogP contribution in [0.3, 0.4) is 0 Å². The van der Waals surface area contributed by atoms with Gasteiger partial charge < -0.3 is 10.2 Å². The number of aromatic amines is 1. The molecule has 0 aliphatic heterocycles. The van der Waals surface area contributed by atoms with E-state index in [0.29, 0.717) is 40.7 Å². The standard InChI is InChI=1S/C27H23N5O3/c1-2-22-21(25(27(34)35)24-18(15-33)6-5-9-23(24)28-22)14-16-10-12-17(13-11-16)19-7-3-4-8-20(19)26-29-31-32-30-26/h3-13,33H,2,14-15H2,1H3,(H,34,35)(H,29,30,31,32). The Morgan fingerprint density at radius 2 is 1.74 bits per heavy atom. The fourth-order valence-electron chi connectivity index (χ4n) is 4.54. The predicted octanol–water partition coefficient (Wildman–Crippen LogP) is 4.43. The number of nitrogens with one attached hydrogen (secondary N) is 1. The normalized spacial score (nSPS) is 11.1. The number of aliphatic hydroxyl groups is 1. The van der Waals surface area contributed by atoms with E-state index in [4.69, 9.17) is 4.98 Å². The second-order valence-corrected chi connectivity index (χ2v) is 8.19. The highest BCUT2D eigenvalue weighted by atomic mass is 16.4. The molecule has 8 nitrogen and oxygen atoms in total. The van der Waals surface area contributed by atoms with E-state index in [2.05, 4.69) is 20.6 Å². The maximum absolute atomic E-state index is 12.4. The summed E-state index contributed by atoms with van der Waals surface area (Å²) in [5.41, 5.74) is 6.57. The van der Waals surface area contributed by atoms with Crippen LogP contribution in [0.1, 0.15) is 39.7 Å². The van der Waals surface area contributed by atoms with Crippen molar-refractivity contribution in [3.05, 3.63) is 94.7 Å². The third-order valence-corrected chi connectivity index (χ3v) is 6.16. The average molecular weight is 466 g/mol. The monoisotopic (exact) mass is 465 g/mol. The first kappa shape index (κ1) is 22.4. The van der Waals surface area contributed by atoms with E-state index in [1.54, 1.807) is 18.2 Å². The number of carboxylic acid groups (broad SMARTS) is 1. The van der Waals surface area contributed by atoms with Crippen LogP contribution in [-0.2, 0) is 19.4 Å². The fraction of sp³-hybridized carbons (Fsp3) is 0.148. The van der Waals surface area contributed by atoms with E-state index in [1.807, 2.05) is 55.5 Å². The van der Waals surface area contributed by atoms with Gasteiger partial charge in [-0.15, -0.1) is 10.2 Å². The SMILES string of the molecule is CCc1nc2cccc(CO)c2c(C(=O)O)c1Cc1ccc(-c2ccccc2-c2nn[nH]n2)cc1. The maximum Gasteiger partial charge on any atom is 0.336 e. The molecule has 0 bridgehead atoms. The van der Waals surface area contributed by atoms with Gasteiger partial charge in [-0.3, -0.25) is 4.98 Å². The number of aryl methyl sites for hydroxylation is 1. The van der Waals surface area contributed by atoms with Gasteiger partial charge in [0.05, 0.1) is 17.7 Å². The number of tetrazole rings is 1. The highest BCUT2D eigenvalue weighted by Crippen LogP contribution is 2.32. The van der Waals surface area contributed by atoms with Gasteiger partial charge in [-0.25, -0.2) is 4.79 Å². The van der Waals surface area contributed by atoms with Crippen molar-refractivity contribution in [3.8, 4) is 22.5 Å². The Bertz CT molecular complexity index is 1510. The lowest BCUT2D eigenvalue weighted by molar-refractivity contribution is 0.0697. The number of benzene rings is 3. The minimum absolute atomic E-state index is 0.211. The molecule has 2 heterocycles. The van der Waals surface area contributed by atoms with Gasteiger partial charge in [-0.1, -0.05) is 67.6 Å². The molecule has 5 aromatic rings. The molecule has 0 atom stereocenters. The molecule has 0 spiro atoms. The molecule has 0 radical (unpaired) electrons. The molecule has 3 aromatic carbocycles. The second kappa shape index (κ2) is 9.44. The number of fused-ring (bicyclic) bond motifs is 1. The molecule has 0 aliphatic carbocycles. The maximum atomic E-state index is 12.4. The lowest BCUT2D eigenvalue weighted by Gasteiger charge is -2.16. The molecular weight excluding hydrogens is 442 g/mol. The van der Waals surface area contributed by atoms with Crippen LogP contribution < -0.4 is 0 Å². The summed E-state index contributed by atoms with van der Waals surface area (Å²) in [6.07, 6.45) is 1.02. The van der Waals surface area contributed by atoms with Gasteiger partial charge in [-0.2, -0.15) is 5.21 Å². The van der Waals surface area contributed by atoms with Crippen molar-refractivity contribution in [1.29, 1.82) is 0 Å². The number of carbonyl (C=O) groups is 1. The summed E-state index contributed by atoms with van der Waals surface area (Å²) in [6, 6.07) is 21.2. The fourth-order valence-corrected chi connectivity index (χ4v) is 4.54. The van der Waals surface area contributed by atoms with Crippen LogP contribution in [0.25, 0.3) is 33.4 Å². The number of aromatic nitrogens is 5. The minimum Gasteiger partial charge on any atom is -0.478 e. The van der Waals surface area contributed by atoms with Crippen LogP contribution in [0.2, 0.25) is 0 Å². The summed E-state index contributed by atoms with van der Waals surface area (Å²) in [6.45, 7) is 1.72. The molecule has 2 aromatic heterocycles. The number of H-pyrrole nitrogens is 1. The van der Waals surface area contributed by atoms with Gasteiger partial charge >= 0.3 is 5.97 Å². The number of carboxylic acids is 1. The molecule has 0 saturated heterocycles. The highest BCUT2D eigenvalue weighted by molar-refractivity contribution is 6.05. The van der Waals surface area contributed by atoms with Crippen LogP contribution in [0, 0.1) is 0 Å². The molecule has 0 fully saturated rings. The summed E-state index contributed by atoms with van der Waals surface area (Å²) in [7, 11) is 0. The van der Waals surface area contributed by atoms with Crippen LogP contribution in [-0.4, -0.2) is 41.8 Å². The van der Waals surface area contributed by atoms with E-state index in [9.17, 15) is 15.0 Å². The van der Waals surface area contributed by atoms with Gasteiger partial charge in [-0.05, 0) is 45.5 Å². The summed E-state index contributed by atoms with van der Waals surface area (Å²) >= 11 is 0. The van der Waals surface area contributed by atoms with E-state index in [1.165, 1.54) is 0 Å². The quantitative estimate of drug-likeness (QED) is 0.325. The summed E-state index contributed by atoms with van der Waals surface area (Å²) < 4.78 is 0. The number of aromatic carboxylic acids is 1. The zero-order valence-corrected chi connectivity index (χ0v) is 19.1. The largest absolute Gasteiger partial charge is 0.478 e. The topological polar surface area (TPSA) is 125 Å². The smallest absolute Gasteiger partial charge is 0.336 e. The van der Waals surface area contributed by atoms with Gasteiger partial charge in [0.25, 0.3) is 0 Å². The van der Waals surface area contributed by atoms with Crippen LogP contribution in [0.15, 0.2) is 66.7 Å². The zero-order chi connectivity index (χ0) is 24.4. The van der Waals surface area contributed by atoms with Crippen molar-refractivity contribution in [2.75, 3.05) is 0 Å². The third kappa shape index (κ3) is 4.15. The predicted molar refractivity (Wildman–Crippen MR) is 132 cm³/mol. The molecule has 3 N–H and O–H groups in total. The number of hydrogen-bond acceptors (Lipinski definition) is 6. The first-order valence-electron chi connectivity index (χ1n) is 11.3. The number of hydrogen-bond donors (Lipinski definition) is 3. The second-order valence-electron chi connectivity index (χ2n) is 8.19. The number of aliphatic hydroxyl groups excluding tert-OH is 1. The number of nitrogens with zero attached hydrogens (tertiary/aromatic N) is 4. The van der Waals surface area contributed by atoms with Gasteiger partial charge in [0.2, 0.25) is 5.82 Å². The molecule has 0 unspecified atom stereocenters. The van der Waals surface area contributed by atoms with Gasteiger partial charge in [0.1, 0.15) is 0 Å². The van der Waals surface area contributed by atoms with E-state index in [-0.39, 0.29) is 12.2 Å². The molecule has 35 heavy (non-hydrogen) atoms. The Hall–Kier alpha value is -4.43. The summed E-state index contributed by atoms with van der Waals surface area (Å²) in [5.74, 6) is -0.501. The van der Waals surface area contributed by atoms with E-state index >= 15 is 0 Å². The Morgan fingerprint density at radius 1 is 0.971 bits per heavy atom. The molecule has 0 saturated carbocycles. The van der Waals surface area contributed by atoms with E-state index < -0.39 is 5.97 Å². The summed E-state index contributed by atoms with van der Waals surface area (Å²) in [5, 5.41) is 34.9. The lowest BCUT2D eigenvalue weighted by Crippen LogP contribution is -2.11. The Labute approximate surface area is 201 Å². The van der Waals surface area contributed by atoms with Crippen LogP contribution in [0.5, 0.6) is 0 Å². The Morgan fingerprint density at radius 3 is 2.40 bits per heavy atom. The minimum atomic E-state index is -1.02.